The van der Waals surface area contributed by atoms with Crippen LogP contribution in [0, 0.1) is 11.3 Å². The van der Waals surface area contributed by atoms with E-state index >= 15 is 0 Å². The Hall–Kier alpha value is -2.52. The third-order valence-electron chi connectivity index (χ3n) is 2.16. The van der Waals surface area contributed by atoms with E-state index in [9.17, 15) is 9.59 Å². The second kappa shape index (κ2) is 5.89. The minimum Gasteiger partial charge on any atom is -0.511 e. The number of carboxylic acid groups (broad SMARTS) is 1. The van der Waals surface area contributed by atoms with Crippen molar-refractivity contribution in [2.75, 3.05) is 5.32 Å². The lowest BCUT2D eigenvalue weighted by Gasteiger charge is -2.06. The standard InChI is InChI=1S/C12H9ClN2O4/c1-6(16)9(5-14)11(17)15-7-2-3-8(12(18)19)10(13)4-7/h2-4,16H,1H3,(H,15,17)(H,18,19)/b9-6-. The molecule has 98 valence electrons. The first kappa shape index (κ1) is 14.5. The van der Waals surface area contributed by atoms with Gasteiger partial charge in [-0.2, -0.15) is 5.26 Å². The summed E-state index contributed by atoms with van der Waals surface area (Å²) in [6, 6.07) is 5.35. The van der Waals surface area contributed by atoms with Crippen molar-refractivity contribution in [2.45, 2.75) is 6.92 Å². The van der Waals surface area contributed by atoms with Gasteiger partial charge in [-0.15, -0.1) is 0 Å². The number of aromatic carboxylic acids is 1. The zero-order valence-electron chi connectivity index (χ0n) is 9.77. The summed E-state index contributed by atoms with van der Waals surface area (Å²) in [6.45, 7) is 1.21. The van der Waals surface area contributed by atoms with Gasteiger partial charge in [-0.25, -0.2) is 4.79 Å². The number of rotatable bonds is 3. The van der Waals surface area contributed by atoms with Crippen LogP contribution in [0.2, 0.25) is 5.02 Å². The quantitative estimate of drug-likeness (QED) is 0.447. The Morgan fingerprint density at radius 1 is 1.37 bits per heavy atom. The van der Waals surface area contributed by atoms with Crippen LogP contribution in [0.4, 0.5) is 5.69 Å². The molecule has 0 radical (unpaired) electrons. The Labute approximate surface area is 113 Å². The number of halogens is 1. The maximum absolute atomic E-state index is 11.6. The van der Waals surface area contributed by atoms with Gasteiger partial charge in [0.05, 0.1) is 10.6 Å². The first-order valence-electron chi connectivity index (χ1n) is 5.01. The Morgan fingerprint density at radius 3 is 2.42 bits per heavy atom. The smallest absolute Gasteiger partial charge is 0.337 e. The van der Waals surface area contributed by atoms with Crippen LogP contribution >= 0.6 is 11.6 Å². The van der Waals surface area contributed by atoms with Gasteiger partial charge >= 0.3 is 5.97 Å². The number of aliphatic hydroxyl groups is 1. The van der Waals surface area contributed by atoms with Gasteiger partial charge in [0.25, 0.3) is 5.91 Å². The zero-order chi connectivity index (χ0) is 14.6. The monoisotopic (exact) mass is 280 g/mol. The number of carbonyl (C=O) groups is 2. The first-order valence-corrected chi connectivity index (χ1v) is 5.38. The number of carboxylic acids is 1. The van der Waals surface area contributed by atoms with Gasteiger partial charge in [-0.05, 0) is 25.1 Å². The molecular weight excluding hydrogens is 272 g/mol. The highest BCUT2D eigenvalue weighted by Gasteiger charge is 2.14. The molecule has 0 spiro atoms. The fraction of sp³-hybridized carbons (Fsp3) is 0.0833. The van der Waals surface area contributed by atoms with Crippen molar-refractivity contribution in [1.29, 1.82) is 5.26 Å². The molecule has 19 heavy (non-hydrogen) atoms. The third kappa shape index (κ3) is 3.47. The lowest BCUT2D eigenvalue weighted by Crippen LogP contribution is -2.15. The van der Waals surface area contributed by atoms with Crippen molar-refractivity contribution < 1.29 is 19.8 Å². The maximum atomic E-state index is 11.6. The van der Waals surface area contributed by atoms with Gasteiger partial charge in [0.15, 0.2) is 5.57 Å². The normalized spacial score (nSPS) is 11.2. The molecule has 1 aromatic rings. The van der Waals surface area contributed by atoms with Crippen molar-refractivity contribution in [3.05, 3.63) is 40.1 Å². The molecule has 0 aromatic heterocycles. The first-order chi connectivity index (χ1) is 8.86. The number of benzene rings is 1. The summed E-state index contributed by atoms with van der Waals surface area (Å²) in [5.41, 5.74) is -0.318. The molecule has 1 amide bonds. The number of nitrogens with zero attached hydrogens (tertiary/aromatic N) is 1. The van der Waals surface area contributed by atoms with Crippen molar-refractivity contribution in [1.82, 2.24) is 0 Å². The lowest BCUT2D eigenvalue weighted by atomic mass is 10.2. The summed E-state index contributed by atoms with van der Waals surface area (Å²) in [4.78, 5) is 22.3. The molecule has 0 aliphatic carbocycles. The van der Waals surface area contributed by atoms with Crippen LogP contribution in [-0.2, 0) is 4.79 Å². The van der Waals surface area contributed by atoms with Crippen molar-refractivity contribution in [3.8, 4) is 6.07 Å². The number of hydrogen-bond acceptors (Lipinski definition) is 4. The van der Waals surface area contributed by atoms with Crippen LogP contribution in [0.15, 0.2) is 29.5 Å². The molecule has 0 saturated heterocycles. The summed E-state index contributed by atoms with van der Waals surface area (Å²) in [7, 11) is 0. The minimum absolute atomic E-state index is 0.0477. The molecule has 0 unspecified atom stereocenters. The fourth-order valence-electron chi connectivity index (χ4n) is 1.26. The molecule has 0 saturated carbocycles. The molecule has 7 heteroatoms. The molecule has 1 rings (SSSR count). The number of hydrogen-bond donors (Lipinski definition) is 3. The van der Waals surface area contributed by atoms with Crippen LogP contribution in [0.3, 0.4) is 0 Å². The summed E-state index contributed by atoms with van der Waals surface area (Å²) in [5, 5.41) is 28.9. The fourth-order valence-corrected chi connectivity index (χ4v) is 1.52. The van der Waals surface area contributed by atoms with E-state index in [1.54, 1.807) is 6.07 Å². The summed E-state index contributed by atoms with van der Waals surface area (Å²) in [5.74, 6) is -2.40. The van der Waals surface area contributed by atoms with Gasteiger partial charge in [0.2, 0.25) is 0 Å². The van der Waals surface area contributed by atoms with Gasteiger partial charge in [-0.1, -0.05) is 11.6 Å². The highest BCUT2D eigenvalue weighted by molar-refractivity contribution is 6.33. The van der Waals surface area contributed by atoms with Crippen LogP contribution in [0.5, 0.6) is 0 Å². The SMILES string of the molecule is C/C(O)=C(\C#N)C(=O)Nc1ccc(C(=O)O)c(Cl)c1. The molecular formula is C12H9ClN2O4. The second-order valence-corrected chi connectivity index (χ2v) is 3.93. The van der Waals surface area contributed by atoms with E-state index < -0.39 is 23.2 Å². The molecule has 0 bridgehead atoms. The Balaban J connectivity index is 3.00. The minimum atomic E-state index is -1.19. The van der Waals surface area contributed by atoms with E-state index in [1.807, 2.05) is 0 Å². The highest BCUT2D eigenvalue weighted by Crippen LogP contribution is 2.21. The van der Waals surface area contributed by atoms with E-state index in [4.69, 9.17) is 27.1 Å². The molecule has 0 atom stereocenters. The van der Waals surface area contributed by atoms with Gasteiger partial charge in [0.1, 0.15) is 11.8 Å². The van der Waals surface area contributed by atoms with Gasteiger partial charge in [0, 0.05) is 5.69 Å². The predicted molar refractivity (Wildman–Crippen MR) is 68.0 cm³/mol. The number of anilines is 1. The zero-order valence-corrected chi connectivity index (χ0v) is 10.5. The Morgan fingerprint density at radius 2 is 2.00 bits per heavy atom. The van der Waals surface area contributed by atoms with Crippen LogP contribution in [0.25, 0.3) is 0 Å². The number of aliphatic hydroxyl groups excluding tert-OH is 1. The largest absolute Gasteiger partial charge is 0.511 e. The third-order valence-corrected chi connectivity index (χ3v) is 2.47. The predicted octanol–water partition coefficient (Wildman–Crippen LogP) is 2.33. The van der Waals surface area contributed by atoms with E-state index in [1.165, 1.54) is 25.1 Å². The number of nitrogens with one attached hydrogen (secondary N) is 1. The summed E-state index contributed by atoms with van der Waals surface area (Å²) < 4.78 is 0. The average Bonchev–Trinajstić information content (AvgIpc) is 2.28. The van der Waals surface area contributed by atoms with Gasteiger partial charge < -0.3 is 15.5 Å². The molecule has 1 aromatic carbocycles. The average molecular weight is 281 g/mol. The van der Waals surface area contributed by atoms with E-state index in [0.717, 1.165) is 0 Å². The highest BCUT2D eigenvalue weighted by atomic mass is 35.5. The Kier molecular flexibility index (Phi) is 4.51. The lowest BCUT2D eigenvalue weighted by molar-refractivity contribution is -0.112. The van der Waals surface area contributed by atoms with Gasteiger partial charge in [-0.3, -0.25) is 4.79 Å². The molecule has 0 aliphatic heterocycles. The van der Waals surface area contributed by atoms with Crippen LogP contribution in [-0.4, -0.2) is 22.1 Å². The van der Waals surface area contributed by atoms with Crippen LogP contribution < -0.4 is 5.32 Å². The number of carbonyl (C=O) groups excluding carboxylic acids is 1. The number of allylic oxidation sites excluding steroid dienone is 1. The van der Waals surface area contributed by atoms with Crippen molar-refractivity contribution >= 4 is 29.2 Å². The number of nitriles is 1. The summed E-state index contributed by atoms with van der Waals surface area (Å²) >= 11 is 5.73. The van der Waals surface area contributed by atoms with E-state index in [0.29, 0.717) is 0 Å². The molecule has 0 heterocycles. The van der Waals surface area contributed by atoms with E-state index in [2.05, 4.69) is 5.32 Å². The topological polar surface area (TPSA) is 110 Å². The molecule has 6 nitrogen and oxygen atoms in total. The second-order valence-electron chi connectivity index (χ2n) is 3.53. The molecule has 0 fully saturated rings. The summed E-state index contributed by atoms with van der Waals surface area (Å²) in [6.07, 6.45) is 0. The Bertz CT molecular complexity index is 613. The molecule has 3 N–H and O–H groups in total. The molecule has 0 aliphatic rings. The van der Waals surface area contributed by atoms with Crippen molar-refractivity contribution in [3.63, 3.8) is 0 Å². The maximum Gasteiger partial charge on any atom is 0.337 e. The number of amides is 1. The van der Waals surface area contributed by atoms with E-state index in [-0.39, 0.29) is 16.3 Å². The van der Waals surface area contributed by atoms with Crippen molar-refractivity contribution in [2.24, 2.45) is 0 Å². The van der Waals surface area contributed by atoms with Crippen LogP contribution in [0.1, 0.15) is 17.3 Å².